The maximum absolute atomic E-state index is 13.8. The maximum Gasteiger partial charge on any atom is 0.161 e. The molecule has 1 N–H and O–H groups in total. The highest BCUT2D eigenvalue weighted by Crippen LogP contribution is 2.26. The van der Waals surface area contributed by atoms with Gasteiger partial charge in [0.25, 0.3) is 0 Å². The van der Waals surface area contributed by atoms with Crippen molar-refractivity contribution >= 4 is 12.2 Å². The van der Waals surface area contributed by atoms with Gasteiger partial charge in [0.05, 0.1) is 5.69 Å². The van der Waals surface area contributed by atoms with E-state index in [0.717, 1.165) is 6.07 Å². The van der Waals surface area contributed by atoms with Gasteiger partial charge in [-0.2, -0.15) is 0 Å². The Morgan fingerprint density at radius 3 is 2.20 bits per heavy atom. The first-order chi connectivity index (χ1) is 9.18. The standard InChI is InChI=1S/C14H13F3N2S/c1-14(2,3)13-18-11(6-12(20)19-13)7-4-9(16)10(17)5-8(7)15/h4-6H,1-3H3,(H,18,19,20). The highest BCUT2D eigenvalue weighted by Gasteiger charge is 2.19. The van der Waals surface area contributed by atoms with Gasteiger partial charge >= 0.3 is 0 Å². The molecule has 0 saturated carbocycles. The molecule has 1 aromatic heterocycles. The average molecular weight is 298 g/mol. The van der Waals surface area contributed by atoms with Gasteiger partial charge in [-0.15, -0.1) is 0 Å². The molecule has 0 spiro atoms. The molecule has 0 aliphatic heterocycles. The minimum absolute atomic E-state index is 0.0806. The molecule has 0 radical (unpaired) electrons. The van der Waals surface area contributed by atoms with Crippen LogP contribution in [0.2, 0.25) is 0 Å². The molecule has 2 nitrogen and oxygen atoms in total. The molecular formula is C14H13F3N2S. The van der Waals surface area contributed by atoms with Gasteiger partial charge in [0.15, 0.2) is 11.6 Å². The number of H-pyrrole nitrogens is 1. The third-order valence-corrected chi connectivity index (χ3v) is 2.96. The molecular weight excluding hydrogens is 285 g/mol. The van der Waals surface area contributed by atoms with Crippen molar-refractivity contribution in [1.29, 1.82) is 0 Å². The Morgan fingerprint density at radius 1 is 1.00 bits per heavy atom. The summed E-state index contributed by atoms with van der Waals surface area (Å²) in [6, 6.07) is 2.73. The Hall–Kier alpha value is -1.69. The summed E-state index contributed by atoms with van der Waals surface area (Å²) in [7, 11) is 0. The molecule has 0 fully saturated rings. The largest absolute Gasteiger partial charge is 0.343 e. The molecule has 6 heteroatoms. The van der Waals surface area contributed by atoms with Crippen LogP contribution in [0.1, 0.15) is 26.6 Å². The predicted molar refractivity (Wildman–Crippen MR) is 73.4 cm³/mol. The monoisotopic (exact) mass is 298 g/mol. The lowest BCUT2D eigenvalue weighted by atomic mass is 9.95. The summed E-state index contributed by atoms with van der Waals surface area (Å²) >= 11 is 5.04. The van der Waals surface area contributed by atoms with Crippen molar-refractivity contribution in [2.75, 3.05) is 0 Å². The van der Waals surface area contributed by atoms with Crippen LogP contribution in [0.15, 0.2) is 18.2 Å². The number of aromatic nitrogens is 2. The van der Waals surface area contributed by atoms with Crippen LogP contribution in [0, 0.1) is 22.1 Å². The second-order valence-corrected chi connectivity index (χ2v) is 5.90. The van der Waals surface area contributed by atoms with E-state index in [1.807, 2.05) is 20.8 Å². The Morgan fingerprint density at radius 2 is 1.60 bits per heavy atom. The minimum Gasteiger partial charge on any atom is -0.343 e. The first kappa shape index (κ1) is 14.7. The van der Waals surface area contributed by atoms with E-state index in [2.05, 4.69) is 9.97 Å². The smallest absolute Gasteiger partial charge is 0.161 e. The molecule has 0 bridgehead atoms. The van der Waals surface area contributed by atoms with Crippen LogP contribution >= 0.6 is 12.2 Å². The number of hydrogen-bond acceptors (Lipinski definition) is 2. The molecule has 0 amide bonds. The van der Waals surface area contributed by atoms with Gasteiger partial charge in [0, 0.05) is 17.0 Å². The van der Waals surface area contributed by atoms with E-state index in [0.29, 0.717) is 11.9 Å². The third kappa shape index (κ3) is 2.90. The molecule has 2 aromatic rings. The maximum atomic E-state index is 13.8. The lowest BCUT2D eigenvalue weighted by molar-refractivity contribution is 0.495. The number of nitrogens with one attached hydrogen (secondary N) is 1. The quantitative estimate of drug-likeness (QED) is 0.619. The van der Waals surface area contributed by atoms with E-state index >= 15 is 0 Å². The van der Waals surface area contributed by atoms with Crippen LogP contribution in [0.3, 0.4) is 0 Å². The van der Waals surface area contributed by atoms with Gasteiger partial charge in [0.2, 0.25) is 0 Å². The molecule has 1 heterocycles. The zero-order chi connectivity index (χ0) is 15.1. The molecule has 0 aliphatic carbocycles. The van der Waals surface area contributed by atoms with Crippen molar-refractivity contribution in [2.24, 2.45) is 0 Å². The number of hydrogen-bond donors (Lipinski definition) is 1. The first-order valence-electron chi connectivity index (χ1n) is 5.95. The zero-order valence-electron chi connectivity index (χ0n) is 11.2. The topological polar surface area (TPSA) is 28.7 Å². The fourth-order valence-corrected chi connectivity index (χ4v) is 1.90. The second kappa shape index (κ2) is 5.01. The number of rotatable bonds is 1. The van der Waals surface area contributed by atoms with Gasteiger partial charge < -0.3 is 4.98 Å². The fraction of sp³-hybridized carbons (Fsp3) is 0.286. The highest BCUT2D eigenvalue weighted by molar-refractivity contribution is 7.71. The number of halogens is 3. The summed E-state index contributed by atoms with van der Waals surface area (Å²) in [6.45, 7) is 5.73. The van der Waals surface area contributed by atoms with Crippen LogP contribution in [0.4, 0.5) is 13.2 Å². The fourth-order valence-electron chi connectivity index (χ4n) is 1.69. The summed E-state index contributed by atoms with van der Waals surface area (Å²) in [5.74, 6) is -2.66. The molecule has 0 unspecified atom stereocenters. The molecule has 1 aromatic carbocycles. The van der Waals surface area contributed by atoms with Crippen LogP contribution < -0.4 is 0 Å². The number of aromatic amines is 1. The molecule has 106 valence electrons. The Balaban J connectivity index is 2.68. The highest BCUT2D eigenvalue weighted by atomic mass is 32.1. The lowest BCUT2D eigenvalue weighted by Crippen LogP contribution is -2.16. The third-order valence-electron chi connectivity index (χ3n) is 2.75. The van der Waals surface area contributed by atoms with E-state index in [1.54, 1.807) is 0 Å². The molecule has 0 atom stereocenters. The molecule has 0 saturated heterocycles. The number of benzene rings is 1. The van der Waals surface area contributed by atoms with Crippen molar-refractivity contribution in [3.63, 3.8) is 0 Å². The van der Waals surface area contributed by atoms with Crippen molar-refractivity contribution in [3.05, 3.63) is 46.1 Å². The van der Waals surface area contributed by atoms with Crippen LogP contribution in [-0.2, 0) is 5.41 Å². The molecule has 0 aliphatic rings. The van der Waals surface area contributed by atoms with Crippen molar-refractivity contribution in [3.8, 4) is 11.3 Å². The van der Waals surface area contributed by atoms with Gasteiger partial charge in [-0.1, -0.05) is 33.0 Å². The number of nitrogens with zero attached hydrogens (tertiary/aromatic N) is 1. The molecule has 2 rings (SSSR count). The van der Waals surface area contributed by atoms with E-state index < -0.39 is 17.5 Å². The zero-order valence-corrected chi connectivity index (χ0v) is 12.0. The van der Waals surface area contributed by atoms with E-state index in [1.165, 1.54) is 6.07 Å². The van der Waals surface area contributed by atoms with Crippen molar-refractivity contribution < 1.29 is 13.2 Å². The van der Waals surface area contributed by atoms with Gasteiger partial charge in [-0.05, 0) is 12.1 Å². The summed E-state index contributed by atoms with van der Waals surface area (Å²) < 4.78 is 40.3. The SMILES string of the molecule is CC(C)(C)c1nc(=S)cc(-c2cc(F)c(F)cc2F)[nH]1. The Bertz CT molecular complexity index is 717. The van der Waals surface area contributed by atoms with Crippen LogP contribution in [-0.4, -0.2) is 9.97 Å². The van der Waals surface area contributed by atoms with E-state index in [-0.39, 0.29) is 21.3 Å². The predicted octanol–water partition coefficient (Wildman–Crippen LogP) is 4.52. The summed E-state index contributed by atoms with van der Waals surface area (Å²) in [6.07, 6.45) is 0. The van der Waals surface area contributed by atoms with Crippen molar-refractivity contribution in [1.82, 2.24) is 9.97 Å². The normalized spacial score (nSPS) is 11.7. The second-order valence-electron chi connectivity index (χ2n) is 5.48. The minimum atomic E-state index is -1.23. The first-order valence-corrected chi connectivity index (χ1v) is 6.36. The van der Waals surface area contributed by atoms with Gasteiger partial charge in [0.1, 0.15) is 16.3 Å². The van der Waals surface area contributed by atoms with Crippen LogP contribution in [0.5, 0.6) is 0 Å². The summed E-state index contributed by atoms with van der Waals surface area (Å²) in [5.41, 5.74) is -0.146. The summed E-state index contributed by atoms with van der Waals surface area (Å²) in [5, 5.41) is 0. The van der Waals surface area contributed by atoms with E-state index in [9.17, 15) is 13.2 Å². The summed E-state index contributed by atoms with van der Waals surface area (Å²) in [4.78, 5) is 7.09. The molecule has 20 heavy (non-hydrogen) atoms. The Kier molecular flexibility index (Phi) is 3.69. The van der Waals surface area contributed by atoms with Crippen LogP contribution in [0.25, 0.3) is 11.3 Å². The lowest BCUT2D eigenvalue weighted by Gasteiger charge is -2.18. The van der Waals surface area contributed by atoms with Gasteiger partial charge in [-0.25, -0.2) is 18.2 Å². The average Bonchev–Trinajstić information content (AvgIpc) is 2.32. The van der Waals surface area contributed by atoms with Gasteiger partial charge in [-0.3, -0.25) is 0 Å². The Labute approximate surface area is 119 Å². The van der Waals surface area contributed by atoms with Crippen molar-refractivity contribution in [2.45, 2.75) is 26.2 Å². The van der Waals surface area contributed by atoms with E-state index in [4.69, 9.17) is 12.2 Å².